The van der Waals surface area contributed by atoms with Crippen LogP contribution in [-0.2, 0) is 10.0 Å². The number of nitrogens with zero attached hydrogens (tertiary/aromatic N) is 1. The molecule has 0 atom stereocenters. The zero-order chi connectivity index (χ0) is 16.4. The van der Waals surface area contributed by atoms with Crippen molar-refractivity contribution in [3.05, 3.63) is 42.7 Å². The molecule has 0 aliphatic heterocycles. The van der Waals surface area contributed by atoms with E-state index in [2.05, 4.69) is 14.7 Å². The van der Waals surface area contributed by atoms with Gasteiger partial charge >= 0.3 is 0 Å². The van der Waals surface area contributed by atoms with Crippen LogP contribution in [0.2, 0.25) is 0 Å². The van der Waals surface area contributed by atoms with Crippen LogP contribution in [0.25, 0.3) is 11.0 Å². The highest BCUT2D eigenvalue weighted by molar-refractivity contribution is 7.93. The normalized spacial score (nSPS) is 11.4. The molecule has 7 nitrogen and oxygen atoms in total. The van der Waals surface area contributed by atoms with Crippen molar-refractivity contribution in [1.82, 2.24) is 9.97 Å². The van der Waals surface area contributed by atoms with Gasteiger partial charge in [0.1, 0.15) is 22.0 Å². The molecule has 0 aliphatic carbocycles. The van der Waals surface area contributed by atoms with Crippen LogP contribution < -0.4 is 14.2 Å². The van der Waals surface area contributed by atoms with Gasteiger partial charge in [0.05, 0.1) is 19.9 Å². The van der Waals surface area contributed by atoms with Crippen LogP contribution in [0, 0.1) is 0 Å². The summed E-state index contributed by atoms with van der Waals surface area (Å²) in [5, 5.41) is 0.516. The molecule has 0 amide bonds. The zero-order valence-corrected chi connectivity index (χ0v) is 13.3. The molecule has 0 fully saturated rings. The average molecular weight is 333 g/mol. The monoisotopic (exact) mass is 333 g/mol. The molecule has 0 radical (unpaired) electrons. The molecule has 0 bridgehead atoms. The number of benzene rings is 1. The Hall–Kier alpha value is -2.74. The van der Waals surface area contributed by atoms with Gasteiger partial charge in [-0.2, -0.15) is 0 Å². The second-order valence-corrected chi connectivity index (χ2v) is 6.38. The number of pyridine rings is 1. The third-order valence-corrected chi connectivity index (χ3v) is 4.76. The Morgan fingerprint density at radius 2 is 2.00 bits per heavy atom. The van der Waals surface area contributed by atoms with Gasteiger partial charge in [-0.05, 0) is 24.3 Å². The molecule has 0 aliphatic rings. The van der Waals surface area contributed by atoms with E-state index < -0.39 is 10.0 Å². The summed E-state index contributed by atoms with van der Waals surface area (Å²) in [6.45, 7) is 0. The van der Waals surface area contributed by atoms with E-state index in [1.165, 1.54) is 20.4 Å². The van der Waals surface area contributed by atoms with Crippen molar-refractivity contribution in [2.45, 2.75) is 4.90 Å². The van der Waals surface area contributed by atoms with Crippen LogP contribution >= 0.6 is 0 Å². The van der Waals surface area contributed by atoms with Crippen LogP contribution in [0.4, 0.5) is 5.69 Å². The van der Waals surface area contributed by atoms with Crippen LogP contribution in [0.3, 0.4) is 0 Å². The van der Waals surface area contributed by atoms with Gasteiger partial charge in [0.25, 0.3) is 10.0 Å². The highest BCUT2D eigenvalue weighted by Crippen LogP contribution is 2.32. The van der Waals surface area contributed by atoms with Gasteiger partial charge in [0, 0.05) is 23.8 Å². The molecule has 23 heavy (non-hydrogen) atoms. The van der Waals surface area contributed by atoms with Crippen LogP contribution in [0.5, 0.6) is 11.5 Å². The number of ether oxygens (including phenoxy) is 2. The number of fused-ring (bicyclic) bond motifs is 1. The third kappa shape index (κ3) is 2.80. The third-order valence-electron chi connectivity index (χ3n) is 3.35. The van der Waals surface area contributed by atoms with Crippen molar-refractivity contribution < 1.29 is 17.9 Å². The fourth-order valence-electron chi connectivity index (χ4n) is 2.25. The van der Waals surface area contributed by atoms with Crippen LogP contribution in [-0.4, -0.2) is 32.6 Å². The summed E-state index contributed by atoms with van der Waals surface area (Å²) >= 11 is 0. The summed E-state index contributed by atoms with van der Waals surface area (Å²) in [5.74, 6) is 0.913. The summed E-state index contributed by atoms with van der Waals surface area (Å²) in [7, 11) is -0.838. The van der Waals surface area contributed by atoms with Gasteiger partial charge in [-0.3, -0.25) is 4.72 Å². The first-order valence-corrected chi connectivity index (χ1v) is 8.20. The van der Waals surface area contributed by atoms with Crippen molar-refractivity contribution in [2.75, 3.05) is 18.9 Å². The first kappa shape index (κ1) is 15.2. The number of hydrogen-bond acceptors (Lipinski definition) is 5. The van der Waals surface area contributed by atoms with Gasteiger partial charge in [-0.15, -0.1) is 0 Å². The van der Waals surface area contributed by atoms with E-state index in [0.717, 1.165) is 0 Å². The fraction of sp³-hybridized carbons (Fsp3) is 0.133. The maximum atomic E-state index is 12.7. The van der Waals surface area contributed by atoms with Crippen molar-refractivity contribution in [3.63, 3.8) is 0 Å². The molecule has 2 heterocycles. The van der Waals surface area contributed by atoms with Crippen molar-refractivity contribution in [2.24, 2.45) is 0 Å². The van der Waals surface area contributed by atoms with E-state index in [9.17, 15) is 8.42 Å². The Balaban J connectivity index is 2.05. The summed E-state index contributed by atoms with van der Waals surface area (Å²) < 4.78 is 38.2. The maximum Gasteiger partial charge on any atom is 0.264 e. The van der Waals surface area contributed by atoms with Crippen LogP contribution in [0.1, 0.15) is 0 Å². The van der Waals surface area contributed by atoms with E-state index in [-0.39, 0.29) is 4.90 Å². The van der Waals surface area contributed by atoms with Crippen LogP contribution in [0.15, 0.2) is 47.6 Å². The van der Waals surface area contributed by atoms with E-state index >= 15 is 0 Å². The number of anilines is 1. The molecule has 8 heteroatoms. The SMILES string of the molecule is COc1ccc(OC)c(NS(=O)(=O)c2c[nH]c3ncccc23)c1. The topological polar surface area (TPSA) is 93.3 Å². The minimum Gasteiger partial charge on any atom is -0.497 e. The van der Waals surface area contributed by atoms with Crippen molar-refractivity contribution in [3.8, 4) is 11.5 Å². The smallest absolute Gasteiger partial charge is 0.264 e. The van der Waals surface area contributed by atoms with E-state index in [0.29, 0.717) is 28.2 Å². The molecule has 3 rings (SSSR count). The Kier molecular flexibility index (Phi) is 3.83. The van der Waals surface area contributed by atoms with Crippen molar-refractivity contribution >= 4 is 26.7 Å². The lowest BCUT2D eigenvalue weighted by molar-refractivity contribution is 0.405. The lowest BCUT2D eigenvalue weighted by atomic mass is 10.3. The molecular formula is C15H15N3O4S. The summed E-state index contributed by atoms with van der Waals surface area (Å²) in [5.41, 5.74) is 0.801. The summed E-state index contributed by atoms with van der Waals surface area (Å²) in [4.78, 5) is 7.05. The molecule has 0 saturated heterocycles. The molecule has 120 valence electrons. The highest BCUT2D eigenvalue weighted by Gasteiger charge is 2.21. The molecule has 3 aromatic rings. The second kappa shape index (κ2) is 5.81. The molecular weight excluding hydrogens is 318 g/mol. The van der Waals surface area contributed by atoms with E-state index in [4.69, 9.17) is 9.47 Å². The first-order valence-electron chi connectivity index (χ1n) is 6.72. The largest absolute Gasteiger partial charge is 0.497 e. The average Bonchev–Trinajstić information content (AvgIpc) is 2.99. The summed E-state index contributed by atoms with van der Waals surface area (Å²) in [6, 6.07) is 8.25. The second-order valence-electron chi connectivity index (χ2n) is 4.72. The van der Waals surface area contributed by atoms with E-state index in [1.54, 1.807) is 36.5 Å². The minimum absolute atomic E-state index is 0.116. The molecule has 2 N–H and O–H groups in total. The highest BCUT2D eigenvalue weighted by atomic mass is 32.2. The maximum absolute atomic E-state index is 12.7. The van der Waals surface area contributed by atoms with Gasteiger partial charge in [-0.1, -0.05) is 0 Å². The Bertz CT molecular complexity index is 950. The predicted molar refractivity (Wildman–Crippen MR) is 86.4 cm³/mol. The van der Waals surface area contributed by atoms with Gasteiger partial charge in [0.2, 0.25) is 0 Å². The first-order chi connectivity index (χ1) is 11.0. The molecule has 2 aromatic heterocycles. The lowest BCUT2D eigenvalue weighted by Crippen LogP contribution is -2.13. The number of hydrogen-bond donors (Lipinski definition) is 2. The number of sulfonamides is 1. The Morgan fingerprint density at radius 3 is 2.74 bits per heavy atom. The Labute approximate surface area is 133 Å². The fourth-order valence-corrected chi connectivity index (χ4v) is 3.47. The number of rotatable bonds is 5. The number of aromatic nitrogens is 2. The quantitative estimate of drug-likeness (QED) is 0.748. The molecule has 0 unspecified atom stereocenters. The number of nitrogens with one attached hydrogen (secondary N) is 2. The lowest BCUT2D eigenvalue weighted by Gasteiger charge is -2.12. The zero-order valence-electron chi connectivity index (χ0n) is 12.5. The van der Waals surface area contributed by atoms with Crippen molar-refractivity contribution in [1.29, 1.82) is 0 Å². The number of H-pyrrole nitrogens is 1. The van der Waals surface area contributed by atoms with Gasteiger partial charge < -0.3 is 14.5 Å². The standard InChI is InChI=1S/C15H15N3O4S/c1-21-10-5-6-13(22-2)12(8-10)18-23(19,20)14-9-17-15-11(14)4-3-7-16-15/h3-9,18H,1-2H3,(H,16,17). The Morgan fingerprint density at radius 1 is 1.17 bits per heavy atom. The minimum atomic E-state index is -3.81. The van der Waals surface area contributed by atoms with Gasteiger partial charge in [0.15, 0.2) is 0 Å². The molecule has 0 saturated carbocycles. The number of aromatic amines is 1. The van der Waals surface area contributed by atoms with Gasteiger partial charge in [-0.25, -0.2) is 13.4 Å². The van der Waals surface area contributed by atoms with E-state index in [1.807, 2.05) is 0 Å². The molecule has 1 aromatic carbocycles. The molecule has 0 spiro atoms. The number of methoxy groups -OCH3 is 2. The predicted octanol–water partition coefficient (Wildman–Crippen LogP) is 2.38. The summed E-state index contributed by atoms with van der Waals surface area (Å²) in [6.07, 6.45) is 3.00.